The van der Waals surface area contributed by atoms with E-state index in [1.165, 1.54) is 5.39 Å². The summed E-state index contributed by atoms with van der Waals surface area (Å²) in [6, 6.07) is 18.6. The van der Waals surface area contributed by atoms with Crippen LogP contribution in [0.5, 0.6) is 0 Å². The quantitative estimate of drug-likeness (QED) is 0.278. The van der Waals surface area contributed by atoms with Gasteiger partial charge in [-0.15, -0.1) is 11.3 Å². The Balaban J connectivity index is 1.33. The third kappa shape index (κ3) is 4.81. The number of unbranched alkanes of at least 4 members (excludes halogenated alkanes) is 1. The monoisotopic (exact) mass is 511 g/mol. The van der Waals surface area contributed by atoms with Gasteiger partial charge in [-0.25, -0.2) is 4.98 Å². The summed E-state index contributed by atoms with van der Waals surface area (Å²) in [7, 11) is 0. The Labute approximate surface area is 219 Å². The molecule has 0 unspecified atom stereocenters. The normalized spacial score (nSPS) is 14.1. The van der Waals surface area contributed by atoms with Gasteiger partial charge in [-0.05, 0) is 34.7 Å². The Hall–Kier alpha value is -3.78. The van der Waals surface area contributed by atoms with E-state index >= 15 is 0 Å². The van der Waals surface area contributed by atoms with Crippen LogP contribution in [0.2, 0.25) is 0 Å². The molecular formula is C29H29N5O2S. The molecule has 8 heteroatoms. The van der Waals surface area contributed by atoms with Crippen molar-refractivity contribution in [1.82, 2.24) is 20.0 Å². The number of carbonyl (C=O) groups excluding carboxylic acids is 1. The summed E-state index contributed by atoms with van der Waals surface area (Å²) >= 11 is 1.63. The largest absolute Gasteiger partial charge is 0.352 e. The molecule has 0 atom stereocenters. The predicted octanol–water partition coefficient (Wildman–Crippen LogP) is 5.73. The highest BCUT2D eigenvalue weighted by Crippen LogP contribution is 2.35. The number of rotatable bonds is 7. The molecule has 0 N–H and O–H groups in total. The maximum Gasteiger partial charge on any atom is 0.263 e. The molecule has 37 heavy (non-hydrogen) atoms. The summed E-state index contributed by atoms with van der Waals surface area (Å²) in [5.41, 5.74) is 2.26. The maximum atomic E-state index is 12.9. The van der Waals surface area contributed by atoms with E-state index in [9.17, 15) is 4.79 Å². The van der Waals surface area contributed by atoms with Gasteiger partial charge in [0, 0.05) is 43.0 Å². The van der Waals surface area contributed by atoms with Gasteiger partial charge in [0.2, 0.25) is 5.91 Å². The molecule has 1 aliphatic rings. The summed E-state index contributed by atoms with van der Waals surface area (Å²) in [6.07, 6.45) is 3.35. The van der Waals surface area contributed by atoms with Crippen LogP contribution in [0.4, 0.5) is 5.82 Å². The Kier molecular flexibility index (Phi) is 6.57. The van der Waals surface area contributed by atoms with Crippen LogP contribution in [-0.4, -0.2) is 52.1 Å². The number of fused-ring (bicyclic) bond motifs is 2. The fourth-order valence-corrected chi connectivity index (χ4v) is 5.63. The van der Waals surface area contributed by atoms with Gasteiger partial charge in [0.1, 0.15) is 22.7 Å². The van der Waals surface area contributed by atoms with E-state index in [-0.39, 0.29) is 5.91 Å². The molecule has 1 amide bonds. The van der Waals surface area contributed by atoms with Crippen molar-refractivity contribution in [2.45, 2.75) is 32.6 Å². The topological polar surface area (TPSA) is 75.4 Å². The zero-order valence-corrected chi connectivity index (χ0v) is 21.7. The number of thiophene rings is 1. The number of hydrogen-bond donors (Lipinski definition) is 0. The van der Waals surface area contributed by atoms with Crippen LogP contribution in [-0.2, 0) is 17.6 Å². The van der Waals surface area contributed by atoms with Gasteiger partial charge in [-0.2, -0.15) is 4.98 Å². The van der Waals surface area contributed by atoms with E-state index in [1.807, 2.05) is 34.5 Å². The molecule has 1 saturated heterocycles. The molecule has 0 spiro atoms. The van der Waals surface area contributed by atoms with Gasteiger partial charge < -0.3 is 14.3 Å². The van der Waals surface area contributed by atoms with Crippen LogP contribution < -0.4 is 4.90 Å². The summed E-state index contributed by atoms with van der Waals surface area (Å²) < 4.78 is 5.79. The number of hydrogen-bond acceptors (Lipinski definition) is 7. The van der Waals surface area contributed by atoms with Crippen molar-refractivity contribution in [1.29, 1.82) is 0 Å². The number of carbonyl (C=O) groups is 1. The molecule has 0 aliphatic carbocycles. The highest BCUT2D eigenvalue weighted by molar-refractivity contribution is 7.10. The Bertz CT molecular complexity index is 1540. The van der Waals surface area contributed by atoms with Crippen molar-refractivity contribution in [3.63, 3.8) is 0 Å². The van der Waals surface area contributed by atoms with Gasteiger partial charge in [0.25, 0.3) is 5.71 Å². The molecule has 188 valence electrons. The molecule has 4 heterocycles. The summed E-state index contributed by atoms with van der Waals surface area (Å²) in [5.74, 6) is 1.81. The standard InChI is InChI=1S/C29H29N5O2S/c1-2-3-10-24-30-28(34-15-13-33(14-16-34)25(35)19-23-9-6-17-37-23)26-27(32-36-29(26)31-24)22-12-11-20-7-4-5-8-21(20)18-22/h4-9,11-12,17-18H,2-3,10,13-16,19H2,1H3. The predicted molar refractivity (Wildman–Crippen MR) is 148 cm³/mol. The van der Waals surface area contributed by atoms with E-state index in [2.05, 4.69) is 47.3 Å². The number of amides is 1. The lowest BCUT2D eigenvalue weighted by Gasteiger charge is -2.35. The van der Waals surface area contributed by atoms with Crippen LogP contribution in [0.1, 0.15) is 30.5 Å². The zero-order chi connectivity index (χ0) is 25.2. The molecule has 0 radical (unpaired) electrons. The minimum atomic E-state index is 0.181. The van der Waals surface area contributed by atoms with Crippen LogP contribution in [0, 0.1) is 0 Å². The zero-order valence-electron chi connectivity index (χ0n) is 20.9. The first-order valence-corrected chi connectivity index (χ1v) is 13.8. The van der Waals surface area contributed by atoms with Crippen LogP contribution in [0.25, 0.3) is 33.1 Å². The number of aromatic nitrogens is 3. The summed E-state index contributed by atoms with van der Waals surface area (Å²) in [5, 5.41) is 9.66. The van der Waals surface area contributed by atoms with Crippen LogP contribution >= 0.6 is 11.3 Å². The molecular weight excluding hydrogens is 482 g/mol. The molecule has 0 bridgehead atoms. The fourth-order valence-electron chi connectivity index (χ4n) is 4.93. The minimum Gasteiger partial charge on any atom is -0.352 e. The Morgan fingerprint density at radius 3 is 2.62 bits per heavy atom. The molecule has 5 aromatic rings. The van der Waals surface area contributed by atoms with Crippen molar-refractivity contribution >= 4 is 44.9 Å². The van der Waals surface area contributed by atoms with Crippen molar-refractivity contribution in [2.75, 3.05) is 31.1 Å². The fraction of sp³-hybridized carbons (Fsp3) is 0.310. The third-order valence-electron chi connectivity index (χ3n) is 6.98. The first-order valence-electron chi connectivity index (χ1n) is 12.9. The molecule has 7 nitrogen and oxygen atoms in total. The van der Waals surface area contributed by atoms with Gasteiger partial charge in [0.05, 0.1) is 6.42 Å². The molecule has 1 aliphatic heterocycles. The lowest BCUT2D eigenvalue weighted by Crippen LogP contribution is -2.49. The number of nitrogens with zero attached hydrogens (tertiary/aromatic N) is 5. The third-order valence-corrected chi connectivity index (χ3v) is 7.85. The Morgan fingerprint density at radius 2 is 1.84 bits per heavy atom. The van der Waals surface area contributed by atoms with Crippen molar-refractivity contribution in [2.24, 2.45) is 0 Å². The molecule has 2 aromatic carbocycles. The first kappa shape index (κ1) is 23.6. The van der Waals surface area contributed by atoms with Crippen molar-refractivity contribution < 1.29 is 9.32 Å². The maximum absolute atomic E-state index is 12.9. The van der Waals surface area contributed by atoms with Gasteiger partial charge >= 0.3 is 0 Å². The number of benzene rings is 2. The molecule has 1 fully saturated rings. The number of anilines is 1. The van der Waals surface area contributed by atoms with E-state index in [1.54, 1.807) is 11.3 Å². The van der Waals surface area contributed by atoms with Crippen molar-refractivity contribution in [3.05, 3.63) is 70.7 Å². The smallest absolute Gasteiger partial charge is 0.263 e. The van der Waals surface area contributed by atoms with E-state index < -0.39 is 0 Å². The van der Waals surface area contributed by atoms with E-state index in [4.69, 9.17) is 14.5 Å². The van der Waals surface area contributed by atoms with E-state index in [0.717, 1.165) is 57.8 Å². The second-order valence-corrected chi connectivity index (χ2v) is 10.5. The SMILES string of the molecule is CCCCc1nc(N2CCN(C(=O)Cc3cccs3)CC2)c2c(-c3ccc4ccccc4c3)noc2n1. The second kappa shape index (κ2) is 10.3. The first-order chi connectivity index (χ1) is 18.2. The van der Waals surface area contributed by atoms with Crippen molar-refractivity contribution in [3.8, 4) is 11.3 Å². The molecule has 3 aromatic heterocycles. The Morgan fingerprint density at radius 1 is 1.00 bits per heavy atom. The van der Waals surface area contributed by atoms with Crippen LogP contribution in [0.3, 0.4) is 0 Å². The summed E-state index contributed by atoms with van der Waals surface area (Å²) in [4.78, 5) is 27.9. The molecule has 0 saturated carbocycles. The average molecular weight is 512 g/mol. The summed E-state index contributed by atoms with van der Waals surface area (Å²) in [6.45, 7) is 4.90. The van der Waals surface area contributed by atoms with Gasteiger partial charge in [-0.1, -0.05) is 61.0 Å². The van der Waals surface area contributed by atoms with Gasteiger partial charge in [-0.3, -0.25) is 4.79 Å². The highest BCUT2D eigenvalue weighted by Gasteiger charge is 2.27. The highest BCUT2D eigenvalue weighted by atomic mass is 32.1. The van der Waals surface area contributed by atoms with Gasteiger partial charge in [0.15, 0.2) is 0 Å². The lowest BCUT2D eigenvalue weighted by molar-refractivity contribution is -0.130. The minimum absolute atomic E-state index is 0.181. The second-order valence-electron chi connectivity index (χ2n) is 9.46. The number of piperazine rings is 1. The average Bonchev–Trinajstić information content (AvgIpc) is 3.61. The lowest BCUT2D eigenvalue weighted by atomic mass is 10.0. The van der Waals surface area contributed by atoms with E-state index in [0.29, 0.717) is 38.3 Å². The molecule has 6 rings (SSSR count). The number of aryl methyl sites for hydroxylation is 1. The van der Waals surface area contributed by atoms with Crippen LogP contribution in [0.15, 0.2) is 64.5 Å².